The van der Waals surface area contributed by atoms with Crippen molar-refractivity contribution in [3.63, 3.8) is 0 Å². The second-order valence-corrected chi connectivity index (χ2v) is 3.68. The highest BCUT2D eigenvalue weighted by Gasteiger charge is 2.18. The molecule has 2 amide bonds. The average Bonchev–Trinajstić information content (AvgIpc) is 2.43. The summed E-state index contributed by atoms with van der Waals surface area (Å²) in [6.07, 6.45) is 4.18. The van der Waals surface area contributed by atoms with Crippen molar-refractivity contribution >= 4 is 11.8 Å². The predicted molar refractivity (Wildman–Crippen MR) is 58.3 cm³/mol. The Morgan fingerprint density at radius 1 is 1.07 bits per heavy atom. The summed E-state index contributed by atoms with van der Waals surface area (Å²) in [7, 11) is 0. The van der Waals surface area contributed by atoms with E-state index in [9.17, 15) is 9.59 Å². The molecule has 1 saturated heterocycles. The van der Waals surface area contributed by atoms with Gasteiger partial charge in [0.25, 0.3) is 0 Å². The first-order valence-corrected chi connectivity index (χ1v) is 5.32. The highest BCUT2D eigenvalue weighted by atomic mass is 16.2. The summed E-state index contributed by atoms with van der Waals surface area (Å²) in [6, 6.07) is 0. The molecule has 84 valence electrons. The second kappa shape index (κ2) is 5.53. The molecule has 0 atom stereocenters. The van der Waals surface area contributed by atoms with Gasteiger partial charge < -0.3 is 9.80 Å². The number of nitrogens with zero attached hydrogens (tertiary/aromatic N) is 2. The molecule has 0 aliphatic carbocycles. The molecule has 0 radical (unpaired) electrons. The number of carbonyl (C=O) groups excluding carboxylic acids is 2. The maximum Gasteiger partial charge on any atom is 0.246 e. The number of rotatable bonds is 1. The van der Waals surface area contributed by atoms with Gasteiger partial charge in [-0.15, -0.1) is 0 Å². The van der Waals surface area contributed by atoms with Crippen LogP contribution in [0.3, 0.4) is 0 Å². The van der Waals surface area contributed by atoms with Crippen molar-refractivity contribution in [2.24, 2.45) is 0 Å². The normalized spacial score (nSPS) is 18.0. The molecule has 0 bridgehead atoms. The molecular formula is C11H18N2O2. The number of hydrogen-bond acceptors (Lipinski definition) is 2. The number of hydrogen-bond donors (Lipinski definition) is 0. The first kappa shape index (κ1) is 11.8. The van der Waals surface area contributed by atoms with E-state index >= 15 is 0 Å². The lowest BCUT2D eigenvalue weighted by Gasteiger charge is -2.20. The molecule has 0 unspecified atom stereocenters. The minimum Gasteiger partial charge on any atom is -0.341 e. The Morgan fingerprint density at radius 3 is 2.27 bits per heavy atom. The SMILES string of the molecule is CC=CC(=O)N1CCCN(C(C)=O)CC1. The zero-order valence-electron chi connectivity index (χ0n) is 9.40. The Hall–Kier alpha value is -1.32. The Balaban J connectivity index is 2.52. The van der Waals surface area contributed by atoms with Crippen LogP contribution in [0.1, 0.15) is 20.3 Å². The standard InChI is InChI=1S/C11H18N2O2/c1-3-5-11(15)13-7-4-6-12(8-9-13)10(2)14/h3,5H,4,6-9H2,1-2H3. The second-order valence-electron chi connectivity index (χ2n) is 3.68. The average molecular weight is 210 g/mol. The Morgan fingerprint density at radius 2 is 1.67 bits per heavy atom. The van der Waals surface area contributed by atoms with Crippen LogP contribution in [0, 0.1) is 0 Å². The zero-order valence-corrected chi connectivity index (χ0v) is 9.40. The minimum absolute atomic E-state index is 0.0444. The molecular weight excluding hydrogens is 192 g/mol. The van der Waals surface area contributed by atoms with E-state index < -0.39 is 0 Å². The smallest absolute Gasteiger partial charge is 0.246 e. The lowest BCUT2D eigenvalue weighted by Crippen LogP contribution is -2.35. The number of allylic oxidation sites excluding steroid dienone is 1. The van der Waals surface area contributed by atoms with E-state index in [1.54, 1.807) is 28.9 Å². The van der Waals surface area contributed by atoms with Crippen molar-refractivity contribution < 1.29 is 9.59 Å². The van der Waals surface area contributed by atoms with Crippen molar-refractivity contribution in [1.29, 1.82) is 0 Å². The van der Waals surface area contributed by atoms with Gasteiger partial charge in [0.1, 0.15) is 0 Å². The largest absolute Gasteiger partial charge is 0.341 e. The van der Waals surface area contributed by atoms with Crippen LogP contribution in [0.15, 0.2) is 12.2 Å². The van der Waals surface area contributed by atoms with Crippen molar-refractivity contribution in [2.45, 2.75) is 20.3 Å². The van der Waals surface area contributed by atoms with E-state index in [2.05, 4.69) is 0 Å². The fraction of sp³-hybridized carbons (Fsp3) is 0.636. The number of amides is 2. The lowest BCUT2D eigenvalue weighted by molar-refractivity contribution is -0.130. The van der Waals surface area contributed by atoms with Crippen molar-refractivity contribution in [2.75, 3.05) is 26.2 Å². The molecule has 0 aromatic heterocycles. The topological polar surface area (TPSA) is 40.6 Å². The van der Waals surface area contributed by atoms with Gasteiger partial charge in [0.05, 0.1) is 0 Å². The van der Waals surface area contributed by atoms with Gasteiger partial charge in [-0.05, 0) is 19.4 Å². The summed E-state index contributed by atoms with van der Waals surface area (Å²) >= 11 is 0. The van der Waals surface area contributed by atoms with Crippen LogP contribution in [0.4, 0.5) is 0 Å². The van der Waals surface area contributed by atoms with Gasteiger partial charge in [-0.1, -0.05) is 6.08 Å². The summed E-state index contributed by atoms with van der Waals surface area (Å²) in [4.78, 5) is 26.3. The molecule has 0 saturated carbocycles. The minimum atomic E-state index is 0.0444. The van der Waals surface area contributed by atoms with Crippen LogP contribution >= 0.6 is 0 Å². The van der Waals surface area contributed by atoms with E-state index in [4.69, 9.17) is 0 Å². The van der Waals surface area contributed by atoms with Crippen LogP contribution in [0.2, 0.25) is 0 Å². The zero-order chi connectivity index (χ0) is 11.3. The van der Waals surface area contributed by atoms with Gasteiger partial charge >= 0.3 is 0 Å². The van der Waals surface area contributed by atoms with Gasteiger partial charge in [-0.25, -0.2) is 0 Å². The van der Waals surface area contributed by atoms with Crippen molar-refractivity contribution in [3.05, 3.63) is 12.2 Å². The molecule has 0 N–H and O–H groups in total. The molecule has 1 rings (SSSR count). The third kappa shape index (κ3) is 3.38. The third-order valence-electron chi connectivity index (χ3n) is 2.56. The maximum absolute atomic E-state index is 11.6. The van der Waals surface area contributed by atoms with Crippen molar-refractivity contribution in [3.8, 4) is 0 Å². The lowest BCUT2D eigenvalue weighted by atomic mass is 10.3. The van der Waals surface area contributed by atoms with E-state index in [1.807, 2.05) is 6.92 Å². The summed E-state index contributed by atoms with van der Waals surface area (Å²) in [6.45, 7) is 6.20. The molecule has 1 aliphatic rings. The molecule has 4 nitrogen and oxygen atoms in total. The van der Waals surface area contributed by atoms with Crippen LogP contribution in [-0.4, -0.2) is 47.8 Å². The molecule has 1 heterocycles. The Labute approximate surface area is 90.5 Å². The number of carbonyl (C=O) groups is 2. The third-order valence-corrected chi connectivity index (χ3v) is 2.56. The quantitative estimate of drug-likeness (QED) is 0.596. The van der Waals surface area contributed by atoms with E-state index in [-0.39, 0.29) is 11.8 Å². The summed E-state index contributed by atoms with van der Waals surface area (Å²) < 4.78 is 0. The van der Waals surface area contributed by atoms with E-state index in [0.29, 0.717) is 13.1 Å². The van der Waals surface area contributed by atoms with E-state index in [1.165, 1.54) is 0 Å². The summed E-state index contributed by atoms with van der Waals surface area (Å²) in [5, 5.41) is 0. The van der Waals surface area contributed by atoms with Gasteiger partial charge in [0.2, 0.25) is 11.8 Å². The van der Waals surface area contributed by atoms with Crippen LogP contribution in [-0.2, 0) is 9.59 Å². The van der Waals surface area contributed by atoms with Gasteiger partial charge in [0, 0.05) is 33.1 Å². The summed E-state index contributed by atoms with van der Waals surface area (Å²) in [5.74, 6) is 0.137. The predicted octanol–water partition coefficient (Wildman–Crippen LogP) is 0.643. The highest BCUT2D eigenvalue weighted by Crippen LogP contribution is 2.04. The Kier molecular flexibility index (Phi) is 4.34. The first-order chi connectivity index (χ1) is 7.15. The first-order valence-electron chi connectivity index (χ1n) is 5.32. The summed E-state index contributed by atoms with van der Waals surface area (Å²) in [5.41, 5.74) is 0. The van der Waals surface area contributed by atoms with E-state index in [0.717, 1.165) is 19.5 Å². The van der Waals surface area contributed by atoms with Gasteiger partial charge in [-0.2, -0.15) is 0 Å². The van der Waals surface area contributed by atoms with Crippen LogP contribution in [0.25, 0.3) is 0 Å². The molecule has 0 aromatic carbocycles. The molecule has 15 heavy (non-hydrogen) atoms. The molecule has 1 aliphatic heterocycles. The van der Waals surface area contributed by atoms with Gasteiger partial charge in [-0.3, -0.25) is 9.59 Å². The fourth-order valence-corrected chi connectivity index (χ4v) is 1.70. The fourth-order valence-electron chi connectivity index (χ4n) is 1.70. The van der Waals surface area contributed by atoms with Crippen LogP contribution in [0.5, 0.6) is 0 Å². The molecule has 4 heteroatoms. The molecule has 0 spiro atoms. The highest BCUT2D eigenvalue weighted by molar-refractivity contribution is 5.87. The maximum atomic E-state index is 11.6. The Bertz CT molecular complexity index is 274. The molecule has 0 aromatic rings. The van der Waals surface area contributed by atoms with Crippen LogP contribution < -0.4 is 0 Å². The van der Waals surface area contributed by atoms with Gasteiger partial charge in [0.15, 0.2) is 0 Å². The monoisotopic (exact) mass is 210 g/mol. The molecule has 1 fully saturated rings. The van der Waals surface area contributed by atoms with Crippen molar-refractivity contribution in [1.82, 2.24) is 9.80 Å².